The van der Waals surface area contributed by atoms with Gasteiger partial charge in [0.05, 0.1) is 0 Å². The molecule has 2 aliphatic heterocycles. The molecule has 15 heavy (non-hydrogen) atoms. The molecule has 2 heteroatoms. The van der Waals surface area contributed by atoms with Crippen molar-refractivity contribution >= 4 is 6.71 Å². The van der Waals surface area contributed by atoms with E-state index >= 15 is 0 Å². The van der Waals surface area contributed by atoms with Crippen LogP contribution in [-0.4, -0.2) is 6.71 Å². The molecule has 0 spiro atoms. The Balaban J connectivity index is 0.00000112. The van der Waals surface area contributed by atoms with Gasteiger partial charge in [-0.1, -0.05) is 69.9 Å². The van der Waals surface area contributed by atoms with Gasteiger partial charge < -0.3 is 6.32 Å². The summed E-state index contributed by atoms with van der Waals surface area (Å²) < 4.78 is 0. The van der Waals surface area contributed by atoms with Crippen molar-refractivity contribution < 1.29 is 18.9 Å². The van der Waals surface area contributed by atoms with E-state index in [2.05, 4.69) is 13.2 Å². The number of hydrogen-bond donors (Lipinski definition) is 0. The Morgan fingerprint density at radius 2 is 1.60 bits per heavy atom. The van der Waals surface area contributed by atoms with Gasteiger partial charge in [-0.3, -0.25) is 0 Å². The summed E-state index contributed by atoms with van der Waals surface area (Å²) in [5, 5.41) is 0. The molecule has 2 rings (SSSR count). The molecule has 2 fully saturated rings. The van der Waals surface area contributed by atoms with Gasteiger partial charge in [0.1, 0.15) is 0 Å². The van der Waals surface area contributed by atoms with Crippen LogP contribution in [0, 0.1) is 6.32 Å². The van der Waals surface area contributed by atoms with Crippen LogP contribution in [0.2, 0.25) is 11.6 Å². The van der Waals surface area contributed by atoms with Crippen LogP contribution in [0.1, 0.15) is 64.7 Å². The van der Waals surface area contributed by atoms with E-state index in [9.17, 15) is 0 Å². The first-order chi connectivity index (χ1) is 6.92. The Morgan fingerprint density at radius 1 is 1.07 bits per heavy atom. The van der Waals surface area contributed by atoms with Crippen LogP contribution in [0.25, 0.3) is 0 Å². The van der Waals surface area contributed by atoms with Gasteiger partial charge >= 0.3 is 18.9 Å². The van der Waals surface area contributed by atoms with Crippen LogP contribution >= 0.6 is 0 Å². The molecular formula is C13H24BLi. The van der Waals surface area contributed by atoms with E-state index in [1.165, 1.54) is 57.8 Å². The van der Waals surface area contributed by atoms with E-state index < -0.39 is 0 Å². The van der Waals surface area contributed by atoms with E-state index in [1.807, 2.05) is 0 Å². The molecule has 0 saturated carbocycles. The molecule has 2 heterocycles. The van der Waals surface area contributed by atoms with E-state index in [0.29, 0.717) is 0 Å². The smallest absolute Gasteiger partial charge is 0.349 e. The van der Waals surface area contributed by atoms with Crippen molar-refractivity contribution in [3.05, 3.63) is 6.32 Å². The average molecular weight is 198 g/mol. The molecule has 0 nitrogen and oxygen atoms in total. The summed E-state index contributed by atoms with van der Waals surface area (Å²) in [5.41, 5.74) is 0. The minimum atomic E-state index is 0. The summed E-state index contributed by atoms with van der Waals surface area (Å²) in [4.78, 5) is 0. The molecule has 2 bridgehead atoms. The minimum Gasteiger partial charge on any atom is -0.349 e. The zero-order valence-corrected chi connectivity index (χ0v) is 10.7. The topological polar surface area (TPSA) is 0 Å². The van der Waals surface area contributed by atoms with Crippen molar-refractivity contribution in [1.29, 1.82) is 0 Å². The summed E-state index contributed by atoms with van der Waals surface area (Å²) in [6, 6.07) is 0. The van der Waals surface area contributed by atoms with Crippen molar-refractivity contribution in [3.63, 3.8) is 0 Å². The first-order valence-electron chi connectivity index (χ1n) is 6.75. The molecule has 0 radical (unpaired) electrons. The second kappa shape index (κ2) is 7.08. The summed E-state index contributed by atoms with van der Waals surface area (Å²) in [6.07, 6.45) is 16.0. The van der Waals surface area contributed by atoms with Crippen LogP contribution in [0.5, 0.6) is 0 Å². The molecule has 0 aromatic carbocycles. The largest absolute Gasteiger partial charge is 1.00 e. The third-order valence-corrected chi connectivity index (χ3v) is 4.38. The quantitative estimate of drug-likeness (QED) is 0.365. The number of hydrogen-bond acceptors (Lipinski definition) is 0. The number of fused-ring (bicyclic) bond motifs is 2. The summed E-state index contributed by atoms with van der Waals surface area (Å²) in [5.74, 6) is 2.17. The molecular weight excluding hydrogens is 174 g/mol. The van der Waals surface area contributed by atoms with Crippen LogP contribution < -0.4 is 18.9 Å². The maximum atomic E-state index is 2.69. The molecule has 0 amide bonds. The van der Waals surface area contributed by atoms with Gasteiger partial charge in [-0.05, 0) is 6.71 Å². The van der Waals surface area contributed by atoms with Crippen LogP contribution in [0.3, 0.4) is 0 Å². The maximum absolute atomic E-state index is 2.69. The molecule has 0 N–H and O–H groups in total. The fraction of sp³-hybridized carbons (Fsp3) is 0.923. The number of rotatable bonds is 4. The Bertz CT molecular complexity index is 150. The molecule has 0 unspecified atom stereocenters. The summed E-state index contributed by atoms with van der Waals surface area (Å²) in [6.45, 7) is 3.32. The van der Waals surface area contributed by atoms with Crippen LogP contribution in [-0.2, 0) is 0 Å². The van der Waals surface area contributed by atoms with Crippen LogP contribution in [0.4, 0.5) is 0 Å². The van der Waals surface area contributed by atoms with Crippen molar-refractivity contribution in [2.45, 2.75) is 76.3 Å². The first kappa shape index (κ1) is 13.7. The van der Waals surface area contributed by atoms with E-state index in [4.69, 9.17) is 0 Å². The first-order valence-corrected chi connectivity index (χ1v) is 6.75. The second-order valence-corrected chi connectivity index (χ2v) is 5.34. The molecule has 2 saturated heterocycles. The SMILES string of the molecule is CCCC[CH-]B1C2CCCC1CCC2.[Li+]. The Labute approximate surface area is 108 Å². The summed E-state index contributed by atoms with van der Waals surface area (Å²) >= 11 is 0. The van der Waals surface area contributed by atoms with Crippen molar-refractivity contribution in [2.75, 3.05) is 0 Å². The van der Waals surface area contributed by atoms with Gasteiger partial charge in [0, 0.05) is 0 Å². The van der Waals surface area contributed by atoms with Crippen molar-refractivity contribution in [2.24, 2.45) is 0 Å². The van der Waals surface area contributed by atoms with Gasteiger partial charge in [-0.25, -0.2) is 0 Å². The van der Waals surface area contributed by atoms with Crippen LogP contribution in [0.15, 0.2) is 0 Å². The van der Waals surface area contributed by atoms with Gasteiger partial charge in [0.15, 0.2) is 0 Å². The average Bonchev–Trinajstić information content (AvgIpc) is 2.17. The van der Waals surface area contributed by atoms with Gasteiger partial charge in [0.25, 0.3) is 0 Å². The molecule has 0 aromatic rings. The van der Waals surface area contributed by atoms with Gasteiger partial charge in [0.2, 0.25) is 0 Å². The Hall–Kier alpha value is 0.662. The van der Waals surface area contributed by atoms with Crippen molar-refractivity contribution in [1.82, 2.24) is 0 Å². The fourth-order valence-corrected chi connectivity index (χ4v) is 3.63. The monoisotopic (exact) mass is 198 g/mol. The van der Waals surface area contributed by atoms with E-state index in [-0.39, 0.29) is 18.9 Å². The van der Waals surface area contributed by atoms with E-state index in [0.717, 1.165) is 18.3 Å². The van der Waals surface area contributed by atoms with Gasteiger partial charge in [-0.15, -0.1) is 0 Å². The van der Waals surface area contributed by atoms with E-state index in [1.54, 1.807) is 0 Å². The predicted molar refractivity (Wildman–Crippen MR) is 64.8 cm³/mol. The number of unbranched alkanes of at least 4 members (excludes halogenated alkanes) is 2. The zero-order chi connectivity index (χ0) is 9.80. The zero-order valence-electron chi connectivity index (χ0n) is 10.7. The summed E-state index contributed by atoms with van der Waals surface area (Å²) in [7, 11) is 0. The standard InChI is InChI=1S/C13H24B.Li/c1-2-3-4-11-14-12-7-5-8-13(14)10-6-9-12;/h11-13H,2-10H2,1H3;/q-1;+1. The third kappa shape index (κ3) is 3.57. The third-order valence-electron chi connectivity index (χ3n) is 4.38. The molecule has 0 aromatic heterocycles. The second-order valence-electron chi connectivity index (χ2n) is 5.34. The molecule has 0 atom stereocenters. The Morgan fingerprint density at radius 3 is 2.07 bits per heavy atom. The molecule has 2 aliphatic rings. The fourth-order valence-electron chi connectivity index (χ4n) is 3.63. The molecule has 0 aliphatic carbocycles. The minimum absolute atomic E-state index is 0. The predicted octanol–water partition coefficient (Wildman–Crippen LogP) is 1.53. The maximum Gasteiger partial charge on any atom is 1.00 e. The Kier molecular flexibility index (Phi) is 6.48. The normalized spacial score (nSPS) is 29.8. The van der Waals surface area contributed by atoms with Crippen molar-refractivity contribution in [3.8, 4) is 0 Å². The molecule has 80 valence electrons. The van der Waals surface area contributed by atoms with Gasteiger partial charge in [-0.2, -0.15) is 6.42 Å².